The second-order valence-corrected chi connectivity index (χ2v) is 7.57. The second kappa shape index (κ2) is 7.27. The van der Waals surface area contributed by atoms with Crippen molar-refractivity contribution >= 4 is 23.6 Å². The fraction of sp³-hybridized carbons (Fsp3) is 0.474. The minimum absolute atomic E-state index is 0.0479. The first kappa shape index (κ1) is 19.6. The highest BCUT2D eigenvalue weighted by Crippen LogP contribution is 2.29. The molecule has 0 bridgehead atoms. The molecular weight excluding hydrogens is 386 g/mol. The minimum Gasteiger partial charge on any atom is -0.310 e. The highest BCUT2D eigenvalue weighted by molar-refractivity contribution is 6.23. The van der Waals surface area contributed by atoms with Gasteiger partial charge in [-0.2, -0.15) is 0 Å². The molecule has 4 amide bonds. The van der Waals surface area contributed by atoms with Gasteiger partial charge < -0.3 is 5.32 Å². The monoisotopic (exact) mass is 406 g/mol. The van der Waals surface area contributed by atoms with Crippen LogP contribution in [-0.2, 0) is 16.1 Å². The molecule has 0 aromatic heterocycles. The van der Waals surface area contributed by atoms with Crippen molar-refractivity contribution < 1.29 is 28.0 Å². The van der Waals surface area contributed by atoms with Crippen LogP contribution < -0.4 is 10.6 Å². The molecule has 1 aromatic rings. The van der Waals surface area contributed by atoms with Crippen LogP contribution in [0.4, 0.5) is 8.78 Å². The molecule has 2 saturated heterocycles. The van der Waals surface area contributed by atoms with E-state index >= 15 is 0 Å². The molecular formula is C19H20F2N4O4. The zero-order valence-electron chi connectivity index (χ0n) is 15.5. The maximum atomic E-state index is 13.8. The molecule has 0 aliphatic carbocycles. The Balaban J connectivity index is 1.54. The van der Waals surface area contributed by atoms with Crippen LogP contribution in [0.3, 0.4) is 0 Å². The van der Waals surface area contributed by atoms with Crippen molar-refractivity contribution in [1.29, 1.82) is 0 Å². The zero-order chi connectivity index (χ0) is 20.8. The SMILES string of the molecule is O=C1CCC(N2C(=O)c3ccc(CN4CCNCC(F)(F)C4)cc3C2=O)C(=O)N1. The summed E-state index contributed by atoms with van der Waals surface area (Å²) in [5.41, 5.74) is 0.955. The van der Waals surface area contributed by atoms with Gasteiger partial charge in [0.1, 0.15) is 6.04 Å². The first-order chi connectivity index (χ1) is 13.7. The minimum atomic E-state index is -2.85. The van der Waals surface area contributed by atoms with E-state index in [-0.39, 0.29) is 37.1 Å². The van der Waals surface area contributed by atoms with Crippen LogP contribution in [0.25, 0.3) is 0 Å². The summed E-state index contributed by atoms with van der Waals surface area (Å²) in [4.78, 5) is 51.4. The van der Waals surface area contributed by atoms with Gasteiger partial charge in [0.2, 0.25) is 11.8 Å². The molecule has 3 aliphatic heterocycles. The van der Waals surface area contributed by atoms with Gasteiger partial charge in [-0.3, -0.25) is 34.3 Å². The first-order valence-corrected chi connectivity index (χ1v) is 9.40. The molecule has 10 heteroatoms. The van der Waals surface area contributed by atoms with E-state index in [9.17, 15) is 28.0 Å². The third-order valence-electron chi connectivity index (χ3n) is 5.35. The number of benzene rings is 1. The van der Waals surface area contributed by atoms with Crippen molar-refractivity contribution in [3.05, 3.63) is 34.9 Å². The number of piperidine rings is 1. The number of amides is 4. The Morgan fingerprint density at radius 2 is 1.86 bits per heavy atom. The first-order valence-electron chi connectivity index (χ1n) is 9.40. The highest BCUT2D eigenvalue weighted by Gasteiger charge is 2.44. The molecule has 1 unspecified atom stereocenters. The van der Waals surface area contributed by atoms with E-state index in [1.807, 2.05) is 0 Å². The third kappa shape index (κ3) is 3.77. The van der Waals surface area contributed by atoms with E-state index in [1.165, 1.54) is 12.1 Å². The number of carbonyl (C=O) groups is 4. The molecule has 4 rings (SSSR count). The fourth-order valence-electron chi connectivity index (χ4n) is 3.98. The Bertz CT molecular complexity index is 904. The summed E-state index contributed by atoms with van der Waals surface area (Å²) in [6.07, 6.45) is 0.130. The average molecular weight is 406 g/mol. The van der Waals surface area contributed by atoms with E-state index in [2.05, 4.69) is 10.6 Å². The molecule has 8 nitrogen and oxygen atoms in total. The number of nitrogens with one attached hydrogen (secondary N) is 2. The maximum absolute atomic E-state index is 13.8. The van der Waals surface area contributed by atoms with E-state index in [0.29, 0.717) is 18.7 Å². The van der Waals surface area contributed by atoms with Gasteiger partial charge in [0, 0.05) is 26.1 Å². The number of fused-ring (bicyclic) bond motifs is 1. The number of hydrogen-bond donors (Lipinski definition) is 2. The number of hydrogen-bond acceptors (Lipinski definition) is 6. The smallest absolute Gasteiger partial charge is 0.272 e. The molecule has 1 atom stereocenters. The third-order valence-corrected chi connectivity index (χ3v) is 5.35. The van der Waals surface area contributed by atoms with Gasteiger partial charge >= 0.3 is 0 Å². The normalized spacial score (nSPS) is 25.0. The Hall–Kier alpha value is -2.72. The largest absolute Gasteiger partial charge is 0.310 e. The van der Waals surface area contributed by atoms with Gasteiger partial charge in [0.15, 0.2) is 0 Å². The van der Waals surface area contributed by atoms with Crippen LogP contribution in [0.1, 0.15) is 39.1 Å². The Kier molecular flexibility index (Phi) is 4.91. The zero-order valence-corrected chi connectivity index (χ0v) is 15.5. The van der Waals surface area contributed by atoms with Crippen LogP contribution in [-0.4, -0.2) is 71.6 Å². The number of imide groups is 2. The van der Waals surface area contributed by atoms with Gasteiger partial charge in [-0.1, -0.05) is 6.07 Å². The van der Waals surface area contributed by atoms with Crippen molar-refractivity contribution in [2.24, 2.45) is 0 Å². The van der Waals surface area contributed by atoms with Crippen LogP contribution in [0.5, 0.6) is 0 Å². The topological polar surface area (TPSA) is 98.8 Å². The lowest BCUT2D eigenvalue weighted by molar-refractivity contribution is -0.136. The van der Waals surface area contributed by atoms with Crippen LogP contribution in [0, 0.1) is 0 Å². The fourth-order valence-corrected chi connectivity index (χ4v) is 3.98. The van der Waals surface area contributed by atoms with Crippen molar-refractivity contribution in [2.75, 3.05) is 26.2 Å². The summed E-state index contributed by atoms with van der Waals surface area (Å²) in [6.45, 7) is 0.307. The predicted molar refractivity (Wildman–Crippen MR) is 96.2 cm³/mol. The van der Waals surface area contributed by atoms with E-state index < -0.39 is 42.1 Å². The van der Waals surface area contributed by atoms with Gasteiger partial charge in [-0.15, -0.1) is 0 Å². The maximum Gasteiger partial charge on any atom is 0.272 e. The quantitative estimate of drug-likeness (QED) is 0.693. The van der Waals surface area contributed by atoms with Crippen LogP contribution in [0.15, 0.2) is 18.2 Å². The van der Waals surface area contributed by atoms with E-state index in [1.54, 1.807) is 11.0 Å². The van der Waals surface area contributed by atoms with Crippen molar-refractivity contribution in [1.82, 2.24) is 20.4 Å². The average Bonchev–Trinajstić information content (AvgIpc) is 2.78. The summed E-state index contributed by atoms with van der Waals surface area (Å²) in [5.74, 6) is -5.15. The van der Waals surface area contributed by atoms with Crippen LogP contribution >= 0.6 is 0 Å². The Morgan fingerprint density at radius 1 is 1.10 bits per heavy atom. The summed E-state index contributed by atoms with van der Waals surface area (Å²) in [5, 5.41) is 4.84. The number of halogens is 2. The number of nitrogens with zero attached hydrogens (tertiary/aromatic N) is 2. The van der Waals surface area contributed by atoms with Gasteiger partial charge in [0.25, 0.3) is 17.7 Å². The van der Waals surface area contributed by atoms with Gasteiger partial charge in [0.05, 0.1) is 24.2 Å². The second-order valence-electron chi connectivity index (χ2n) is 7.57. The molecule has 2 fully saturated rings. The summed E-state index contributed by atoms with van der Waals surface area (Å²) in [7, 11) is 0. The molecule has 0 saturated carbocycles. The summed E-state index contributed by atoms with van der Waals surface area (Å²) < 4.78 is 27.6. The number of carbonyl (C=O) groups excluding carboxylic acids is 4. The Labute approximate surface area is 165 Å². The lowest BCUT2D eigenvalue weighted by Gasteiger charge is -2.27. The molecule has 2 N–H and O–H groups in total. The summed E-state index contributed by atoms with van der Waals surface area (Å²) in [6, 6.07) is 3.62. The van der Waals surface area contributed by atoms with Gasteiger partial charge in [-0.25, -0.2) is 8.78 Å². The van der Waals surface area contributed by atoms with Crippen LogP contribution in [0.2, 0.25) is 0 Å². The molecule has 154 valence electrons. The standard InChI is InChI=1S/C19H20F2N4O4/c20-19(21)9-22-5-6-24(10-19)8-11-1-2-12-13(7-11)18(29)25(17(12)28)14-3-4-15(26)23-16(14)27/h1-2,7,14,22H,3-6,8-10H2,(H,23,26,27). The molecule has 29 heavy (non-hydrogen) atoms. The van der Waals surface area contributed by atoms with E-state index in [0.717, 1.165) is 4.90 Å². The lowest BCUT2D eigenvalue weighted by Crippen LogP contribution is -2.54. The van der Waals surface area contributed by atoms with Crippen molar-refractivity contribution in [2.45, 2.75) is 31.4 Å². The number of rotatable bonds is 3. The molecule has 1 aromatic carbocycles. The van der Waals surface area contributed by atoms with Crippen molar-refractivity contribution in [3.8, 4) is 0 Å². The predicted octanol–water partition coefficient (Wildman–Crippen LogP) is 0.128. The van der Waals surface area contributed by atoms with Crippen molar-refractivity contribution in [3.63, 3.8) is 0 Å². The number of alkyl halides is 2. The highest BCUT2D eigenvalue weighted by atomic mass is 19.3. The van der Waals surface area contributed by atoms with Gasteiger partial charge in [-0.05, 0) is 24.1 Å². The molecule has 0 radical (unpaired) electrons. The summed E-state index contributed by atoms with van der Waals surface area (Å²) >= 11 is 0. The molecule has 3 aliphatic rings. The molecule has 0 spiro atoms. The molecule has 3 heterocycles. The Morgan fingerprint density at radius 3 is 2.62 bits per heavy atom. The van der Waals surface area contributed by atoms with E-state index in [4.69, 9.17) is 0 Å². The lowest BCUT2D eigenvalue weighted by atomic mass is 10.0.